The molecule has 1 aliphatic heterocycles. The summed E-state index contributed by atoms with van der Waals surface area (Å²) in [6.07, 6.45) is -5.79. The van der Waals surface area contributed by atoms with Crippen LogP contribution in [0.3, 0.4) is 0 Å². The van der Waals surface area contributed by atoms with E-state index in [4.69, 9.17) is 9.84 Å². The summed E-state index contributed by atoms with van der Waals surface area (Å²) in [7, 11) is 0. The number of carbonyl (C=O) groups is 1. The number of hydrogen-bond acceptors (Lipinski definition) is 6. The highest BCUT2D eigenvalue weighted by Gasteiger charge is 2.44. The van der Waals surface area contributed by atoms with E-state index >= 15 is 0 Å². The van der Waals surface area contributed by atoms with Crippen molar-refractivity contribution in [3.63, 3.8) is 0 Å². The maximum Gasteiger partial charge on any atom is 0.251 e. The van der Waals surface area contributed by atoms with Crippen molar-refractivity contribution in [3.8, 4) is 0 Å². The Hall–Kier alpha value is -0.800. The van der Waals surface area contributed by atoms with Crippen LogP contribution in [0.2, 0.25) is 0 Å². The first kappa shape index (κ1) is 13.3. The smallest absolute Gasteiger partial charge is 0.251 e. The third kappa shape index (κ3) is 2.66. The number of halogens is 1. The van der Waals surface area contributed by atoms with Gasteiger partial charge in [-0.1, -0.05) is 0 Å². The predicted octanol–water partition coefficient (Wildman–Crippen LogP) is -3.13. The molecule has 4 unspecified atom stereocenters. The molecule has 1 amide bonds. The molecule has 1 aliphatic rings. The third-order valence-electron chi connectivity index (χ3n) is 2.35. The molecule has 1 fully saturated rings. The first-order valence-electron chi connectivity index (χ1n) is 4.67. The molecule has 1 rings (SSSR count). The van der Waals surface area contributed by atoms with Gasteiger partial charge in [0.25, 0.3) is 5.91 Å². The Labute approximate surface area is 90.5 Å². The third-order valence-corrected chi connectivity index (χ3v) is 2.35. The zero-order valence-corrected chi connectivity index (χ0v) is 8.28. The summed E-state index contributed by atoms with van der Waals surface area (Å²) in [6, 6.07) is -1.33. The molecule has 0 aromatic heterocycles. The molecule has 8 heteroatoms. The maximum atomic E-state index is 11.9. The summed E-state index contributed by atoms with van der Waals surface area (Å²) >= 11 is 0. The van der Waals surface area contributed by atoms with Crippen molar-refractivity contribution in [3.05, 3.63) is 0 Å². The van der Waals surface area contributed by atoms with E-state index in [1.807, 2.05) is 5.32 Å². The van der Waals surface area contributed by atoms with Crippen LogP contribution in [0.4, 0.5) is 4.39 Å². The lowest BCUT2D eigenvalue weighted by Crippen LogP contribution is -2.64. The molecular weight excluding hydrogens is 225 g/mol. The van der Waals surface area contributed by atoms with Crippen LogP contribution < -0.4 is 5.32 Å². The number of rotatable bonds is 3. The van der Waals surface area contributed by atoms with Crippen molar-refractivity contribution < 1.29 is 34.3 Å². The van der Waals surface area contributed by atoms with Gasteiger partial charge in [0, 0.05) is 0 Å². The van der Waals surface area contributed by atoms with Crippen LogP contribution >= 0.6 is 0 Å². The van der Waals surface area contributed by atoms with Crippen LogP contribution in [-0.2, 0) is 9.53 Å². The number of alkyl halides is 1. The van der Waals surface area contributed by atoms with Crippen LogP contribution in [-0.4, -0.2) is 70.3 Å². The summed E-state index contributed by atoms with van der Waals surface area (Å²) in [5.74, 6) is -1.04. The summed E-state index contributed by atoms with van der Waals surface area (Å²) < 4.78 is 16.7. The molecule has 0 aromatic rings. The van der Waals surface area contributed by atoms with E-state index in [1.54, 1.807) is 0 Å². The van der Waals surface area contributed by atoms with Gasteiger partial charge in [-0.15, -0.1) is 0 Å². The average molecular weight is 239 g/mol. The van der Waals surface area contributed by atoms with E-state index in [-0.39, 0.29) is 0 Å². The van der Waals surface area contributed by atoms with Gasteiger partial charge in [0.05, 0.1) is 6.61 Å². The largest absolute Gasteiger partial charge is 0.394 e. The Morgan fingerprint density at radius 3 is 2.44 bits per heavy atom. The topological polar surface area (TPSA) is 119 Å². The lowest BCUT2D eigenvalue weighted by Gasteiger charge is -2.40. The Morgan fingerprint density at radius 2 is 1.94 bits per heavy atom. The normalized spacial score (nSPS) is 39.4. The molecule has 0 bridgehead atoms. The molecule has 0 aromatic carbocycles. The van der Waals surface area contributed by atoms with E-state index in [1.165, 1.54) is 0 Å². The van der Waals surface area contributed by atoms with Gasteiger partial charge in [-0.25, -0.2) is 4.39 Å². The average Bonchev–Trinajstić information content (AvgIpc) is 2.28. The van der Waals surface area contributed by atoms with E-state index in [2.05, 4.69) is 0 Å². The number of aliphatic hydroxyl groups is 4. The van der Waals surface area contributed by atoms with Crippen LogP contribution in [0, 0.1) is 0 Å². The van der Waals surface area contributed by atoms with Crippen molar-refractivity contribution in [1.29, 1.82) is 0 Å². The van der Waals surface area contributed by atoms with E-state index < -0.39 is 49.8 Å². The standard InChI is InChI=1S/C8H14FNO6/c9-1-4(12)10-5-7(14)6(13)3(2-11)16-8(5)15/h3,5-8,11,13-15H,1-2H2,(H,10,12)/t3?,5?,6-,7?,8?/m1/s1. The van der Waals surface area contributed by atoms with E-state index in [9.17, 15) is 24.5 Å². The van der Waals surface area contributed by atoms with Crippen LogP contribution in [0.15, 0.2) is 0 Å². The number of carbonyl (C=O) groups excluding carboxylic acids is 1. The van der Waals surface area contributed by atoms with Crippen LogP contribution in [0.25, 0.3) is 0 Å². The lowest BCUT2D eigenvalue weighted by molar-refractivity contribution is -0.253. The monoisotopic (exact) mass is 239 g/mol. The molecule has 16 heavy (non-hydrogen) atoms. The maximum absolute atomic E-state index is 11.9. The number of hydrogen-bond donors (Lipinski definition) is 5. The van der Waals surface area contributed by atoms with Crippen molar-refractivity contribution in [2.75, 3.05) is 13.3 Å². The van der Waals surface area contributed by atoms with Crippen molar-refractivity contribution in [2.45, 2.75) is 30.6 Å². The zero-order chi connectivity index (χ0) is 12.3. The molecule has 0 radical (unpaired) electrons. The summed E-state index contributed by atoms with van der Waals surface area (Å²) in [4.78, 5) is 10.7. The summed E-state index contributed by atoms with van der Waals surface area (Å²) in [6.45, 7) is -1.91. The fraction of sp³-hybridized carbons (Fsp3) is 0.875. The van der Waals surface area contributed by atoms with Gasteiger partial charge in [-0.3, -0.25) is 4.79 Å². The zero-order valence-electron chi connectivity index (χ0n) is 8.28. The number of aliphatic hydroxyl groups excluding tert-OH is 4. The van der Waals surface area contributed by atoms with Gasteiger partial charge >= 0.3 is 0 Å². The van der Waals surface area contributed by atoms with Crippen molar-refractivity contribution in [1.82, 2.24) is 5.32 Å². The molecule has 0 spiro atoms. The Bertz CT molecular complexity index is 253. The molecule has 1 saturated heterocycles. The van der Waals surface area contributed by atoms with Gasteiger partial charge in [0.2, 0.25) is 0 Å². The minimum Gasteiger partial charge on any atom is -0.394 e. The summed E-state index contributed by atoms with van der Waals surface area (Å²) in [5.41, 5.74) is 0. The molecule has 5 N–H and O–H groups in total. The van der Waals surface area contributed by atoms with E-state index in [0.29, 0.717) is 0 Å². The number of amides is 1. The predicted molar refractivity (Wildman–Crippen MR) is 47.9 cm³/mol. The minimum absolute atomic E-state index is 0.598. The highest BCUT2D eigenvalue weighted by molar-refractivity contribution is 5.77. The molecular formula is C8H14FNO6. The highest BCUT2D eigenvalue weighted by atomic mass is 19.1. The molecule has 94 valence electrons. The van der Waals surface area contributed by atoms with Crippen molar-refractivity contribution >= 4 is 5.91 Å². The fourth-order valence-corrected chi connectivity index (χ4v) is 1.48. The van der Waals surface area contributed by atoms with Crippen molar-refractivity contribution in [2.24, 2.45) is 0 Å². The van der Waals surface area contributed by atoms with Crippen LogP contribution in [0.5, 0.6) is 0 Å². The van der Waals surface area contributed by atoms with Crippen LogP contribution in [0.1, 0.15) is 0 Å². The fourth-order valence-electron chi connectivity index (χ4n) is 1.48. The van der Waals surface area contributed by atoms with Gasteiger partial charge in [-0.05, 0) is 0 Å². The van der Waals surface area contributed by atoms with Gasteiger partial charge < -0.3 is 30.5 Å². The number of ether oxygens (including phenoxy) is 1. The SMILES string of the molecule is O=C(CF)NC1C(O)OC(CO)[C@@H](O)C1O. The highest BCUT2D eigenvalue weighted by Crippen LogP contribution is 2.19. The van der Waals surface area contributed by atoms with Gasteiger partial charge in [0.15, 0.2) is 13.0 Å². The quantitative estimate of drug-likeness (QED) is 0.355. The second-order valence-corrected chi connectivity index (χ2v) is 3.46. The van der Waals surface area contributed by atoms with Gasteiger partial charge in [0.1, 0.15) is 24.4 Å². The molecule has 5 atom stereocenters. The Kier molecular flexibility index (Phi) is 4.56. The number of nitrogens with one attached hydrogen (secondary N) is 1. The van der Waals surface area contributed by atoms with Gasteiger partial charge in [-0.2, -0.15) is 0 Å². The molecule has 1 heterocycles. The second-order valence-electron chi connectivity index (χ2n) is 3.46. The molecule has 7 nitrogen and oxygen atoms in total. The van der Waals surface area contributed by atoms with E-state index in [0.717, 1.165) is 0 Å². The lowest BCUT2D eigenvalue weighted by atomic mass is 9.97. The Balaban J connectivity index is 2.67. The summed E-state index contributed by atoms with van der Waals surface area (Å²) in [5, 5.41) is 39.0. The molecule has 0 saturated carbocycles. The first-order valence-corrected chi connectivity index (χ1v) is 4.67. The first-order chi connectivity index (χ1) is 7.51. The molecule has 0 aliphatic carbocycles. The minimum atomic E-state index is -1.62. The Morgan fingerprint density at radius 1 is 1.31 bits per heavy atom. The second kappa shape index (κ2) is 5.51.